The third kappa shape index (κ3) is 34.3. The molecule has 0 amide bonds. The SMILES string of the molecule is CCC(=O)CC(=O)[O-].CCC(=O)CC(=O)[O-].CCC(=O)CC(=O)[O-].[Fe+3]. The van der Waals surface area contributed by atoms with Crippen LogP contribution in [0.5, 0.6) is 0 Å². The second-order valence-electron chi connectivity index (χ2n) is 4.32. The van der Waals surface area contributed by atoms with E-state index >= 15 is 0 Å². The van der Waals surface area contributed by atoms with Gasteiger partial charge in [-0.3, -0.25) is 14.4 Å². The quantitative estimate of drug-likeness (QED) is 0.295. The number of carbonyl (C=O) groups excluding carboxylic acids is 6. The number of carbonyl (C=O) groups is 6. The van der Waals surface area contributed by atoms with Gasteiger partial charge >= 0.3 is 17.1 Å². The largest absolute Gasteiger partial charge is 3.00 e. The molecule has 25 heavy (non-hydrogen) atoms. The van der Waals surface area contributed by atoms with Crippen molar-refractivity contribution in [2.45, 2.75) is 59.3 Å². The third-order valence-corrected chi connectivity index (χ3v) is 2.21. The summed E-state index contributed by atoms with van der Waals surface area (Å²) in [5, 5.41) is 28.9. The molecule has 0 fully saturated rings. The van der Waals surface area contributed by atoms with E-state index in [1.54, 1.807) is 20.8 Å². The maximum absolute atomic E-state index is 10.2. The van der Waals surface area contributed by atoms with Gasteiger partial charge in [0.05, 0.1) is 0 Å². The summed E-state index contributed by atoms with van der Waals surface area (Å²) in [7, 11) is 0. The zero-order valence-electron chi connectivity index (χ0n) is 14.3. The summed E-state index contributed by atoms with van der Waals surface area (Å²) in [4.78, 5) is 59.5. The molecule has 0 rings (SSSR count). The van der Waals surface area contributed by atoms with Crippen LogP contribution >= 0.6 is 0 Å². The molecule has 0 N–H and O–H groups in total. The predicted molar refractivity (Wildman–Crippen MR) is 74.8 cm³/mol. The molecule has 143 valence electrons. The van der Waals surface area contributed by atoms with Crippen molar-refractivity contribution >= 4 is 35.3 Å². The van der Waals surface area contributed by atoms with E-state index in [-0.39, 0.29) is 53.7 Å². The Morgan fingerprint density at radius 2 is 0.680 bits per heavy atom. The van der Waals surface area contributed by atoms with Crippen molar-refractivity contribution in [1.29, 1.82) is 0 Å². The number of Topliss-reactive ketones (excluding diaryl/α,β-unsaturated/α-hetero) is 3. The first-order valence-corrected chi connectivity index (χ1v) is 7.14. The Balaban J connectivity index is -0.000000130. The van der Waals surface area contributed by atoms with Gasteiger partial charge in [-0.05, 0) is 0 Å². The summed E-state index contributed by atoms with van der Waals surface area (Å²) < 4.78 is 0. The van der Waals surface area contributed by atoms with Crippen molar-refractivity contribution < 1.29 is 61.2 Å². The molecule has 0 aromatic heterocycles. The van der Waals surface area contributed by atoms with E-state index in [1.807, 2.05) is 0 Å². The van der Waals surface area contributed by atoms with Gasteiger partial charge in [0, 0.05) is 56.4 Å². The Morgan fingerprint density at radius 1 is 0.520 bits per heavy atom. The number of aliphatic carboxylic acids is 3. The van der Waals surface area contributed by atoms with Gasteiger partial charge in [-0.15, -0.1) is 0 Å². The van der Waals surface area contributed by atoms with Gasteiger partial charge < -0.3 is 29.7 Å². The molecule has 0 saturated heterocycles. The summed E-state index contributed by atoms with van der Waals surface area (Å²) in [6.45, 7) is 4.85. The first kappa shape index (κ1) is 30.8. The molecule has 10 heteroatoms. The molecule has 0 aromatic rings. The van der Waals surface area contributed by atoms with Crippen LogP contribution in [0.15, 0.2) is 0 Å². The van der Waals surface area contributed by atoms with Crippen LogP contribution < -0.4 is 15.3 Å². The van der Waals surface area contributed by atoms with Gasteiger partial charge in [0.25, 0.3) is 0 Å². The maximum Gasteiger partial charge on any atom is 3.00 e. The van der Waals surface area contributed by atoms with Gasteiger partial charge in [0.1, 0.15) is 17.3 Å². The van der Waals surface area contributed by atoms with E-state index in [2.05, 4.69) is 0 Å². The Kier molecular flexibility index (Phi) is 24.6. The van der Waals surface area contributed by atoms with Crippen molar-refractivity contribution in [3.8, 4) is 0 Å². The first-order valence-electron chi connectivity index (χ1n) is 7.14. The number of carboxylic acids is 3. The van der Waals surface area contributed by atoms with Crippen LogP contribution in [0.3, 0.4) is 0 Å². The second-order valence-corrected chi connectivity index (χ2v) is 4.32. The molecule has 0 aliphatic heterocycles. The van der Waals surface area contributed by atoms with E-state index in [4.69, 9.17) is 0 Å². The molecular weight excluding hydrogens is 380 g/mol. The minimum Gasteiger partial charge on any atom is -0.550 e. The molecular formula is C15H21FeO9. The van der Waals surface area contributed by atoms with Gasteiger partial charge in [-0.1, -0.05) is 20.8 Å². The van der Waals surface area contributed by atoms with Crippen LogP contribution in [0, 0.1) is 0 Å². The van der Waals surface area contributed by atoms with Crippen LogP contribution in [0.1, 0.15) is 59.3 Å². The minimum absolute atomic E-state index is 0. The Hall–Kier alpha value is -2.06. The Bertz CT molecular complexity index is 391. The first-order chi connectivity index (χ1) is 11.0. The summed E-state index contributed by atoms with van der Waals surface area (Å²) in [6, 6.07) is 0. The topological polar surface area (TPSA) is 172 Å². The average Bonchev–Trinajstić information content (AvgIpc) is 2.46. The number of hydrogen-bond acceptors (Lipinski definition) is 9. The molecule has 0 atom stereocenters. The number of rotatable bonds is 9. The van der Waals surface area contributed by atoms with Gasteiger partial charge in [-0.25, -0.2) is 0 Å². The summed E-state index contributed by atoms with van der Waals surface area (Å²) in [6.07, 6.45) is -0.528. The number of carboxylic acid groups (broad SMARTS) is 3. The van der Waals surface area contributed by atoms with Crippen LogP contribution in [0.25, 0.3) is 0 Å². The zero-order valence-corrected chi connectivity index (χ0v) is 15.4. The number of ketones is 3. The van der Waals surface area contributed by atoms with Gasteiger partial charge in [0.2, 0.25) is 0 Å². The zero-order chi connectivity index (χ0) is 19.7. The second kappa shape index (κ2) is 20.0. The van der Waals surface area contributed by atoms with Crippen molar-refractivity contribution in [2.24, 2.45) is 0 Å². The normalized spacial score (nSPS) is 8.28. The fourth-order valence-corrected chi connectivity index (χ4v) is 0.858. The monoisotopic (exact) mass is 401 g/mol. The minimum atomic E-state index is -1.29. The molecule has 1 radical (unpaired) electrons. The van der Waals surface area contributed by atoms with Crippen molar-refractivity contribution in [3.63, 3.8) is 0 Å². The third-order valence-electron chi connectivity index (χ3n) is 2.21. The molecule has 0 unspecified atom stereocenters. The molecule has 0 aromatic carbocycles. The fourth-order valence-electron chi connectivity index (χ4n) is 0.858. The summed E-state index contributed by atoms with van der Waals surface area (Å²) in [5.41, 5.74) is 0. The molecule has 0 heterocycles. The van der Waals surface area contributed by atoms with Crippen LogP contribution in [0.2, 0.25) is 0 Å². The Morgan fingerprint density at radius 3 is 0.720 bits per heavy atom. The van der Waals surface area contributed by atoms with E-state index in [0.29, 0.717) is 0 Å². The van der Waals surface area contributed by atoms with E-state index < -0.39 is 37.2 Å². The molecule has 0 aliphatic rings. The molecule has 0 bridgehead atoms. The van der Waals surface area contributed by atoms with E-state index in [1.165, 1.54) is 0 Å². The predicted octanol–water partition coefficient (Wildman–Crippen LogP) is -2.69. The fraction of sp³-hybridized carbons (Fsp3) is 0.600. The van der Waals surface area contributed by atoms with Crippen LogP contribution in [-0.2, 0) is 45.8 Å². The van der Waals surface area contributed by atoms with E-state index in [0.717, 1.165) is 0 Å². The summed E-state index contributed by atoms with van der Waals surface area (Å²) >= 11 is 0. The van der Waals surface area contributed by atoms with E-state index in [9.17, 15) is 44.1 Å². The molecule has 9 nitrogen and oxygen atoms in total. The van der Waals surface area contributed by atoms with Crippen molar-refractivity contribution in [1.82, 2.24) is 0 Å². The van der Waals surface area contributed by atoms with Gasteiger partial charge in [0.15, 0.2) is 0 Å². The maximum atomic E-state index is 10.2. The van der Waals surface area contributed by atoms with Crippen LogP contribution in [-0.4, -0.2) is 35.3 Å². The molecule has 0 aliphatic carbocycles. The standard InChI is InChI=1S/3C5H8O3.Fe/c3*1-2-4(6)3-5(7)8;/h3*2-3H2,1H3,(H,7,8);/q;;;+3/p-3. The molecule has 0 spiro atoms. The molecule has 0 saturated carbocycles. The van der Waals surface area contributed by atoms with Gasteiger partial charge in [-0.2, -0.15) is 0 Å². The Labute approximate surface area is 156 Å². The number of hydrogen-bond donors (Lipinski definition) is 0. The summed E-state index contributed by atoms with van der Waals surface area (Å²) in [5.74, 6) is -4.74. The average molecular weight is 401 g/mol. The van der Waals surface area contributed by atoms with Crippen molar-refractivity contribution in [3.05, 3.63) is 0 Å². The smallest absolute Gasteiger partial charge is 0.550 e. The van der Waals surface area contributed by atoms with Crippen molar-refractivity contribution in [2.75, 3.05) is 0 Å². The van der Waals surface area contributed by atoms with Crippen LogP contribution in [0.4, 0.5) is 0 Å².